The minimum absolute atomic E-state index is 0.140. The largest absolute Gasteiger partial charge is 0.456 e. The Bertz CT molecular complexity index is 2620. The summed E-state index contributed by atoms with van der Waals surface area (Å²) in [5.41, 5.74) is 18.5. The molecule has 0 radical (unpaired) electrons. The molecule has 3 heteroatoms. The maximum absolute atomic E-state index is 6.66. The highest BCUT2D eigenvalue weighted by molar-refractivity contribution is 6.08. The average Bonchev–Trinajstić information content (AvgIpc) is 3.87. The van der Waals surface area contributed by atoms with Crippen LogP contribution in [0.5, 0.6) is 0 Å². The summed E-state index contributed by atoms with van der Waals surface area (Å²) in [6, 6.07) is 55.7. The van der Waals surface area contributed by atoms with Gasteiger partial charge in [0.05, 0.1) is 17.1 Å². The van der Waals surface area contributed by atoms with Crippen molar-refractivity contribution in [3.8, 4) is 0 Å². The molecule has 2 aliphatic carbocycles. The van der Waals surface area contributed by atoms with Crippen LogP contribution in [0.15, 0.2) is 156 Å². The molecule has 258 valence electrons. The van der Waals surface area contributed by atoms with Crippen LogP contribution >= 0.6 is 0 Å². The lowest BCUT2D eigenvalue weighted by atomic mass is 9.74. The van der Waals surface area contributed by atoms with E-state index in [-0.39, 0.29) is 5.41 Å². The maximum Gasteiger partial charge on any atom is 0.137 e. The fourth-order valence-electron chi connectivity index (χ4n) is 9.75. The normalized spacial score (nSPS) is 16.0. The second-order valence-electron chi connectivity index (χ2n) is 15.1. The highest BCUT2D eigenvalue weighted by Gasteiger charge is 2.49. The number of para-hydroxylation sites is 3. The summed E-state index contributed by atoms with van der Waals surface area (Å²) in [4.78, 5) is 4.99. The SMILES string of the molecule is Cc1cc(C)c2c(c1)oc1cc(N(c3ccccc3)c3cccc4c3[C@]3(CCc5cccc(N(c6ccccc6)c6ccccc6)c53)CC4)c(C)cc12. The lowest BCUT2D eigenvalue weighted by Crippen LogP contribution is -2.27. The molecule has 2 aliphatic rings. The molecule has 0 bridgehead atoms. The van der Waals surface area contributed by atoms with Gasteiger partial charge in [0.2, 0.25) is 0 Å². The van der Waals surface area contributed by atoms with Gasteiger partial charge in [-0.25, -0.2) is 0 Å². The molecular weight excluding hydrogens is 645 g/mol. The topological polar surface area (TPSA) is 19.6 Å². The molecule has 0 N–H and O–H groups in total. The zero-order chi connectivity index (χ0) is 35.7. The smallest absolute Gasteiger partial charge is 0.137 e. The van der Waals surface area contributed by atoms with E-state index in [4.69, 9.17) is 4.42 Å². The van der Waals surface area contributed by atoms with Gasteiger partial charge >= 0.3 is 0 Å². The van der Waals surface area contributed by atoms with Crippen LogP contribution in [0.1, 0.15) is 51.8 Å². The van der Waals surface area contributed by atoms with Crippen LogP contribution in [0.2, 0.25) is 0 Å². The minimum Gasteiger partial charge on any atom is -0.456 e. The Labute approximate surface area is 311 Å². The molecule has 1 aromatic heterocycles. The first kappa shape index (κ1) is 31.7. The van der Waals surface area contributed by atoms with E-state index in [1.807, 2.05) is 0 Å². The average molecular weight is 687 g/mol. The lowest BCUT2D eigenvalue weighted by Gasteiger charge is -2.37. The number of anilines is 6. The van der Waals surface area contributed by atoms with Crippen molar-refractivity contribution >= 4 is 56.1 Å². The van der Waals surface area contributed by atoms with Crippen molar-refractivity contribution in [2.45, 2.75) is 51.9 Å². The standard InChI is InChI=1S/C50H42N2O/c1-33-29-35(3)47-41-31-34(2)44(32-45(41)53-46(47)30-33)52(40-21-11-6-12-22-40)43-24-14-16-37-26-28-50(49(37)43)27-25-36-15-13-23-42(48(36)50)51(38-17-7-4-8-18-38)39-19-9-5-10-20-39/h4-24,29-32H,25-28H2,1-3H3/t50-/m1/s1. The molecule has 0 amide bonds. The number of nitrogens with zero attached hydrogens (tertiary/aromatic N) is 2. The van der Waals surface area contributed by atoms with Crippen LogP contribution in [0, 0.1) is 20.8 Å². The molecule has 1 spiro atoms. The first-order valence-corrected chi connectivity index (χ1v) is 18.9. The van der Waals surface area contributed by atoms with Crippen LogP contribution in [0.4, 0.5) is 34.1 Å². The summed E-state index contributed by atoms with van der Waals surface area (Å²) in [5, 5.41) is 2.39. The molecule has 0 unspecified atom stereocenters. The number of aryl methyl sites for hydroxylation is 5. The van der Waals surface area contributed by atoms with E-state index < -0.39 is 0 Å². The quantitative estimate of drug-likeness (QED) is 0.174. The zero-order valence-electron chi connectivity index (χ0n) is 30.6. The van der Waals surface area contributed by atoms with Gasteiger partial charge in [0, 0.05) is 39.3 Å². The molecule has 0 saturated carbocycles. The van der Waals surface area contributed by atoms with E-state index in [2.05, 4.69) is 182 Å². The van der Waals surface area contributed by atoms with Gasteiger partial charge in [-0.2, -0.15) is 0 Å². The lowest BCUT2D eigenvalue weighted by molar-refractivity contribution is 0.508. The first-order valence-electron chi connectivity index (χ1n) is 18.9. The van der Waals surface area contributed by atoms with Crippen LogP contribution in [0.3, 0.4) is 0 Å². The zero-order valence-corrected chi connectivity index (χ0v) is 30.6. The van der Waals surface area contributed by atoms with Gasteiger partial charge < -0.3 is 14.2 Å². The number of hydrogen-bond acceptors (Lipinski definition) is 3. The second-order valence-corrected chi connectivity index (χ2v) is 15.1. The van der Waals surface area contributed by atoms with E-state index in [1.165, 1.54) is 72.5 Å². The molecule has 3 nitrogen and oxygen atoms in total. The highest BCUT2D eigenvalue weighted by Crippen LogP contribution is 2.60. The monoisotopic (exact) mass is 686 g/mol. The molecule has 7 aromatic carbocycles. The van der Waals surface area contributed by atoms with E-state index in [0.717, 1.165) is 48.2 Å². The van der Waals surface area contributed by atoms with Gasteiger partial charge in [-0.15, -0.1) is 0 Å². The van der Waals surface area contributed by atoms with E-state index in [9.17, 15) is 0 Å². The fourth-order valence-corrected chi connectivity index (χ4v) is 9.75. The molecule has 0 aliphatic heterocycles. The third kappa shape index (κ3) is 4.94. The molecule has 0 saturated heterocycles. The highest BCUT2D eigenvalue weighted by atomic mass is 16.3. The Morgan fingerprint density at radius 2 is 1.00 bits per heavy atom. The Hall–Kier alpha value is -6.06. The van der Waals surface area contributed by atoms with Crippen LogP contribution in [0.25, 0.3) is 21.9 Å². The van der Waals surface area contributed by atoms with Gasteiger partial charge in [0.15, 0.2) is 0 Å². The third-order valence-electron chi connectivity index (χ3n) is 11.9. The minimum atomic E-state index is -0.140. The summed E-state index contributed by atoms with van der Waals surface area (Å²) in [6.45, 7) is 6.60. The Kier molecular flexibility index (Phi) is 7.33. The van der Waals surface area contributed by atoms with E-state index in [1.54, 1.807) is 0 Å². The third-order valence-corrected chi connectivity index (χ3v) is 11.9. The van der Waals surface area contributed by atoms with Gasteiger partial charge in [0.25, 0.3) is 0 Å². The van der Waals surface area contributed by atoms with Crippen molar-refractivity contribution in [2.75, 3.05) is 9.80 Å². The molecular formula is C50H42N2O. The predicted octanol–water partition coefficient (Wildman–Crippen LogP) is 13.6. The molecule has 53 heavy (non-hydrogen) atoms. The predicted molar refractivity (Wildman–Crippen MR) is 221 cm³/mol. The summed E-state index contributed by atoms with van der Waals surface area (Å²) in [5.74, 6) is 0. The number of benzene rings is 7. The van der Waals surface area contributed by atoms with Gasteiger partial charge in [0.1, 0.15) is 11.2 Å². The molecule has 1 heterocycles. The van der Waals surface area contributed by atoms with Crippen LogP contribution in [-0.2, 0) is 18.3 Å². The van der Waals surface area contributed by atoms with Gasteiger partial charge in [-0.05, 0) is 146 Å². The van der Waals surface area contributed by atoms with Crippen molar-refractivity contribution in [1.82, 2.24) is 0 Å². The van der Waals surface area contributed by atoms with E-state index in [0.29, 0.717) is 0 Å². The molecule has 0 fully saturated rings. The summed E-state index contributed by atoms with van der Waals surface area (Å²) < 4.78 is 6.66. The van der Waals surface area contributed by atoms with Crippen LogP contribution < -0.4 is 9.80 Å². The van der Waals surface area contributed by atoms with E-state index >= 15 is 0 Å². The summed E-state index contributed by atoms with van der Waals surface area (Å²) in [7, 11) is 0. The maximum atomic E-state index is 6.66. The van der Waals surface area contributed by atoms with Crippen molar-refractivity contribution < 1.29 is 4.42 Å². The molecule has 1 atom stereocenters. The summed E-state index contributed by atoms with van der Waals surface area (Å²) >= 11 is 0. The van der Waals surface area contributed by atoms with Gasteiger partial charge in [-0.1, -0.05) is 84.9 Å². The summed E-state index contributed by atoms with van der Waals surface area (Å²) in [6.07, 6.45) is 4.28. The van der Waals surface area contributed by atoms with Crippen molar-refractivity contribution in [3.05, 3.63) is 191 Å². The molecule has 10 rings (SSSR count). The first-order chi connectivity index (χ1) is 26.0. The Morgan fingerprint density at radius 3 is 1.57 bits per heavy atom. The molecule has 8 aromatic rings. The number of hydrogen-bond donors (Lipinski definition) is 0. The Balaban J connectivity index is 1.21. The number of furan rings is 1. The van der Waals surface area contributed by atoms with Crippen molar-refractivity contribution in [3.63, 3.8) is 0 Å². The second kappa shape index (κ2) is 12.3. The van der Waals surface area contributed by atoms with Crippen LogP contribution in [-0.4, -0.2) is 0 Å². The Morgan fingerprint density at radius 1 is 0.472 bits per heavy atom. The number of fused-ring (bicyclic) bond motifs is 7. The number of rotatable bonds is 6. The van der Waals surface area contributed by atoms with Crippen molar-refractivity contribution in [2.24, 2.45) is 0 Å². The van der Waals surface area contributed by atoms with Gasteiger partial charge in [-0.3, -0.25) is 0 Å². The fraction of sp³-hybridized carbons (Fsp3) is 0.160. The van der Waals surface area contributed by atoms with Crippen molar-refractivity contribution in [1.29, 1.82) is 0 Å².